The number of nitriles is 1. The molecule has 0 saturated carbocycles. The van der Waals surface area contributed by atoms with Gasteiger partial charge in [-0.15, -0.1) is 0 Å². The second kappa shape index (κ2) is 6.18. The molecule has 110 valence electrons. The lowest BCUT2D eigenvalue weighted by atomic mass is 9.94. The minimum atomic E-state index is -3.08. The van der Waals surface area contributed by atoms with Crippen molar-refractivity contribution in [3.63, 3.8) is 0 Å². The van der Waals surface area contributed by atoms with Crippen molar-refractivity contribution in [3.05, 3.63) is 0 Å². The molecule has 1 heterocycles. The van der Waals surface area contributed by atoms with E-state index in [1.54, 1.807) is 7.05 Å². The summed E-state index contributed by atoms with van der Waals surface area (Å²) in [6.07, 6.45) is 1.97. The molecule has 0 bridgehead atoms. The lowest BCUT2D eigenvalue weighted by molar-refractivity contribution is 0.128. The molecule has 1 rings (SSSR count). The standard InChI is InChI=1S/C12H24N4O2S/c1-11(9-12(2,10-13)14-3)15-5-7-16(8-6-15)19(4,17)18/h11,14H,5-9H2,1-4H3. The second-order valence-corrected chi connectivity index (χ2v) is 7.43. The van der Waals surface area contributed by atoms with E-state index in [1.165, 1.54) is 10.6 Å². The van der Waals surface area contributed by atoms with Gasteiger partial charge in [-0.1, -0.05) is 0 Å². The number of hydrogen-bond donors (Lipinski definition) is 1. The summed E-state index contributed by atoms with van der Waals surface area (Å²) in [5.41, 5.74) is -0.534. The highest BCUT2D eigenvalue weighted by molar-refractivity contribution is 7.88. The molecule has 6 nitrogen and oxygen atoms in total. The molecule has 1 aliphatic rings. The van der Waals surface area contributed by atoms with Crippen molar-refractivity contribution in [3.8, 4) is 6.07 Å². The summed E-state index contributed by atoms with van der Waals surface area (Å²) >= 11 is 0. The molecule has 2 unspecified atom stereocenters. The second-order valence-electron chi connectivity index (χ2n) is 5.45. The smallest absolute Gasteiger partial charge is 0.211 e. The fraction of sp³-hybridized carbons (Fsp3) is 0.917. The average molecular weight is 288 g/mol. The zero-order chi connectivity index (χ0) is 14.7. The monoisotopic (exact) mass is 288 g/mol. The molecule has 1 saturated heterocycles. The maximum absolute atomic E-state index is 11.4. The van der Waals surface area contributed by atoms with Gasteiger partial charge in [0.2, 0.25) is 10.0 Å². The summed E-state index contributed by atoms with van der Waals surface area (Å²) < 4.78 is 24.4. The SMILES string of the molecule is CNC(C)(C#N)CC(C)N1CCN(S(C)(=O)=O)CC1. The fourth-order valence-electron chi connectivity index (χ4n) is 2.40. The fourth-order valence-corrected chi connectivity index (χ4v) is 3.23. The number of sulfonamides is 1. The normalized spacial score (nSPS) is 23.5. The third-order valence-corrected chi connectivity index (χ3v) is 5.17. The predicted octanol–water partition coefficient (Wildman–Crippen LogP) is -0.156. The zero-order valence-corrected chi connectivity index (χ0v) is 13.0. The summed E-state index contributed by atoms with van der Waals surface area (Å²) in [6, 6.07) is 2.54. The van der Waals surface area contributed by atoms with E-state index in [9.17, 15) is 8.42 Å². The first kappa shape index (κ1) is 16.4. The van der Waals surface area contributed by atoms with Crippen LogP contribution in [0.15, 0.2) is 0 Å². The van der Waals surface area contributed by atoms with E-state index in [0.717, 1.165) is 19.5 Å². The van der Waals surface area contributed by atoms with Crippen LogP contribution in [-0.2, 0) is 10.0 Å². The molecule has 0 aromatic rings. The van der Waals surface area contributed by atoms with Gasteiger partial charge in [-0.05, 0) is 27.3 Å². The summed E-state index contributed by atoms with van der Waals surface area (Å²) in [5, 5.41) is 12.2. The molecule has 0 aliphatic carbocycles. The maximum Gasteiger partial charge on any atom is 0.211 e. The van der Waals surface area contributed by atoms with E-state index in [0.29, 0.717) is 13.1 Å². The Bertz CT molecular complexity index is 437. The minimum Gasteiger partial charge on any atom is -0.303 e. The molecular weight excluding hydrogens is 264 g/mol. The van der Waals surface area contributed by atoms with Crippen molar-refractivity contribution < 1.29 is 8.42 Å². The summed E-state index contributed by atoms with van der Waals surface area (Å²) in [5.74, 6) is 0. The van der Waals surface area contributed by atoms with Gasteiger partial charge in [0, 0.05) is 32.2 Å². The zero-order valence-electron chi connectivity index (χ0n) is 12.2. The largest absolute Gasteiger partial charge is 0.303 e. The van der Waals surface area contributed by atoms with Crippen LogP contribution in [0, 0.1) is 11.3 Å². The quantitative estimate of drug-likeness (QED) is 0.761. The Labute approximate surface area is 116 Å². The molecule has 19 heavy (non-hydrogen) atoms. The predicted molar refractivity (Wildman–Crippen MR) is 75.1 cm³/mol. The van der Waals surface area contributed by atoms with Crippen LogP contribution < -0.4 is 5.32 Å². The first-order valence-corrected chi connectivity index (χ1v) is 8.36. The van der Waals surface area contributed by atoms with Gasteiger partial charge in [0.05, 0.1) is 12.3 Å². The average Bonchev–Trinajstić information content (AvgIpc) is 2.37. The van der Waals surface area contributed by atoms with Gasteiger partial charge in [0.15, 0.2) is 0 Å². The third kappa shape index (κ3) is 4.42. The van der Waals surface area contributed by atoms with E-state index in [1.807, 2.05) is 6.92 Å². The summed E-state index contributed by atoms with van der Waals surface area (Å²) in [4.78, 5) is 2.24. The minimum absolute atomic E-state index is 0.249. The Hall–Kier alpha value is -0.680. The van der Waals surface area contributed by atoms with Crippen molar-refractivity contribution >= 4 is 10.0 Å². The number of rotatable bonds is 5. The molecule has 2 atom stereocenters. The van der Waals surface area contributed by atoms with Gasteiger partial charge in [0.25, 0.3) is 0 Å². The number of nitrogens with one attached hydrogen (secondary N) is 1. The first-order valence-electron chi connectivity index (χ1n) is 6.51. The summed E-state index contributed by atoms with van der Waals surface area (Å²) in [7, 11) is -1.29. The van der Waals surface area contributed by atoms with Gasteiger partial charge in [-0.25, -0.2) is 8.42 Å². The van der Waals surface area contributed by atoms with Crippen LogP contribution in [0.25, 0.3) is 0 Å². The van der Waals surface area contributed by atoms with Crippen molar-refractivity contribution in [2.45, 2.75) is 31.8 Å². The number of hydrogen-bond acceptors (Lipinski definition) is 5. The Balaban J connectivity index is 2.55. The van der Waals surface area contributed by atoms with E-state index in [4.69, 9.17) is 5.26 Å². The van der Waals surface area contributed by atoms with Crippen LogP contribution >= 0.6 is 0 Å². The van der Waals surface area contributed by atoms with Crippen LogP contribution in [0.4, 0.5) is 0 Å². The Morgan fingerprint density at radius 3 is 2.26 bits per heavy atom. The highest BCUT2D eigenvalue weighted by Gasteiger charge is 2.30. The Morgan fingerprint density at radius 1 is 1.37 bits per heavy atom. The lowest BCUT2D eigenvalue weighted by Crippen LogP contribution is -2.53. The van der Waals surface area contributed by atoms with Crippen molar-refractivity contribution in [2.24, 2.45) is 0 Å². The van der Waals surface area contributed by atoms with Gasteiger partial charge < -0.3 is 5.32 Å². The third-order valence-electron chi connectivity index (χ3n) is 3.87. The number of nitrogens with zero attached hydrogens (tertiary/aromatic N) is 3. The topological polar surface area (TPSA) is 76.4 Å². The van der Waals surface area contributed by atoms with Crippen LogP contribution in [0.5, 0.6) is 0 Å². The molecule has 0 aromatic carbocycles. The van der Waals surface area contributed by atoms with Gasteiger partial charge in [0.1, 0.15) is 5.54 Å². The van der Waals surface area contributed by atoms with Crippen LogP contribution in [0.1, 0.15) is 20.3 Å². The van der Waals surface area contributed by atoms with Crippen molar-refractivity contribution in [2.75, 3.05) is 39.5 Å². The van der Waals surface area contributed by atoms with E-state index < -0.39 is 15.6 Å². The van der Waals surface area contributed by atoms with Gasteiger partial charge >= 0.3 is 0 Å². The molecule has 1 fully saturated rings. The molecule has 0 spiro atoms. The van der Waals surface area contributed by atoms with Crippen LogP contribution in [0.3, 0.4) is 0 Å². The highest BCUT2D eigenvalue weighted by atomic mass is 32.2. The van der Waals surface area contributed by atoms with Crippen molar-refractivity contribution in [1.82, 2.24) is 14.5 Å². The van der Waals surface area contributed by atoms with Crippen LogP contribution in [-0.4, -0.2) is 68.7 Å². The Morgan fingerprint density at radius 2 is 1.89 bits per heavy atom. The van der Waals surface area contributed by atoms with Gasteiger partial charge in [-0.3, -0.25) is 4.90 Å². The van der Waals surface area contributed by atoms with E-state index in [-0.39, 0.29) is 6.04 Å². The molecule has 0 amide bonds. The van der Waals surface area contributed by atoms with E-state index in [2.05, 4.69) is 23.2 Å². The molecular formula is C12H24N4O2S. The highest BCUT2D eigenvalue weighted by Crippen LogP contribution is 2.17. The number of piperazine rings is 1. The molecule has 0 aromatic heterocycles. The molecule has 1 aliphatic heterocycles. The van der Waals surface area contributed by atoms with Crippen LogP contribution in [0.2, 0.25) is 0 Å². The molecule has 0 radical (unpaired) electrons. The Kier molecular flexibility index (Phi) is 5.33. The lowest BCUT2D eigenvalue weighted by Gasteiger charge is -2.39. The van der Waals surface area contributed by atoms with E-state index >= 15 is 0 Å². The molecule has 1 N–H and O–H groups in total. The maximum atomic E-state index is 11.4. The molecule has 7 heteroatoms. The summed E-state index contributed by atoms with van der Waals surface area (Å²) in [6.45, 7) is 6.48. The van der Waals surface area contributed by atoms with Crippen molar-refractivity contribution in [1.29, 1.82) is 5.26 Å². The first-order chi connectivity index (χ1) is 8.72. The van der Waals surface area contributed by atoms with Gasteiger partial charge in [-0.2, -0.15) is 9.57 Å².